The summed E-state index contributed by atoms with van der Waals surface area (Å²) in [6.45, 7) is 4.55. The maximum absolute atomic E-state index is 12.8. The average Bonchev–Trinajstić information content (AvgIpc) is 2.55. The number of likely N-dealkylation sites (N-methyl/N-ethyl adjacent to an activating group) is 1. The second kappa shape index (κ2) is 6.65. The molecule has 1 fully saturated rings. The molecule has 22 heavy (non-hydrogen) atoms. The molecule has 0 atom stereocenters. The van der Waals surface area contributed by atoms with Crippen molar-refractivity contribution in [3.8, 4) is 0 Å². The van der Waals surface area contributed by atoms with E-state index < -0.39 is 5.82 Å². The van der Waals surface area contributed by atoms with E-state index >= 15 is 0 Å². The van der Waals surface area contributed by atoms with E-state index in [0.717, 1.165) is 50.0 Å². The third-order valence-corrected chi connectivity index (χ3v) is 3.73. The van der Waals surface area contributed by atoms with Gasteiger partial charge in [0, 0.05) is 44.5 Å². The number of aromatic nitrogens is 3. The first kappa shape index (κ1) is 14.6. The van der Waals surface area contributed by atoms with Crippen LogP contribution in [0.15, 0.2) is 30.7 Å². The number of halogens is 1. The Morgan fingerprint density at radius 1 is 1.14 bits per heavy atom. The number of piperazine rings is 1. The molecule has 1 aliphatic heterocycles. The SMILES string of the molecule is CN1CCN(c2ncccc2CNc2ncc(F)cn2)CC1. The lowest BCUT2D eigenvalue weighted by Crippen LogP contribution is -2.45. The molecule has 0 radical (unpaired) electrons. The maximum Gasteiger partial charge on any atom is 0.223 e. The predicted molar refractivity (Wildman–Crippen MR) is 83.3 cm³/mol. The normalized spacial score (nSPS) is 15.8. The lowest BCUT2D eigenvalue weighted by Gasteiger charge is -2.34. The Hall–Kier alpha value is -2.28. The lowest BCUT2D eigenvalue weighted by molar-refractivity contribution is 0.312. The predicted octanol–water partition coefficient (Wildman–Crippen LogP) is 1.37. The highest BCUT2D eigenvalue weighted by Gasteiger charge is 2.17. The van der Waals surface area contributed by atoms with E-state index in [1.54, 1.807) is 0 Å². The Morgan fingerprint density at radius 2 is 1.86 bits per heavy atom. The summed E-state index contributed by atoms with van der Waals surface area (Å²) in [5.74, 6) is 0.963. The van der Waals surface area contributed by atoms with Crippen LogP contribution in [0.25, 0.3) is 0 Å². The molecule has 0 bridgehead atoms. The minimum atomic E-state index is -0.440. The van der Waals surface area contributed by atoms with E-state index in [0.29, 0.717) is 12.5 Å². The summed E-state index contributed by atoms with van der Waals surface area (Å²) in [6, 6.07) is 3.96. The number of rotatable bonds is 4. The van der Waals surface area contributed by atoms with Gasteiger partial charge in [-0.3, -0.25) is 0 Å². The van der Waals surface area contributed by atoms with Crippen LogP contribution in [-0.4, -0.2) is 53.1 Å². The molecule has 3 heterocycles. The Bertz CT molecular complexity index is 610. The van der Waals surface area contributed by atoms with Crippen LogP contribution in [0.3, 0.4) is 0 Å². The molecule has 0 spiro atoms. The molecule has 7 heteroatoms. The first-order chi connectivity index (χ1) is 10.7. The third-order valence-electron chi connectivity index (χ3n) is 3.73. The zero-order chi connectivity index (χ0) is 15.4. The fraction of sp³-hybridized carbons (Fsp3) is 0.400. The van der Waals surface area contributed by atoms with Crippen LogP contribution in [0.4, 0.5) is 16.2 Å². The number of pyridine rings is 1. The quantitative estimate of drug-likeness (QED) is 0.921. The minimum absolute atomic E-state index is 0.412. The molecular weight excluding hydrogens is 283 g/mol. The molecule has 0 aliphatic carbocycles. The van der Waals surface area contributed by atoms with Gasteiger partial charge in [0.15, 0.2) is 5.82 Å². The number of nitrogens with zero attached hydrogens (tertiary/aromatic N) is 5. The number of hydrogen-bond donors (Lipinski definition) is 1. The molecule has 0 unspecified atom stereocenters. The first-order valence-electron chi connectivity index (χ1n) is 7.31. The summed E-state index contributed by atoms with van der Waals surface area (Å²) in [7, 11) is 2.13. The third kappa shape index (κ3) is 3.48. The summed E-state index contributed by atoms with van der Waals surface area (Å²) in [5, 5.41) is 3.11. The topological polar surface area (TPSA) is 57.2 Å². The number of hydrogen-bond acceptors (Lipinski definition) is 6. The molecule has 2 aromatic rings. The van der Waals surface area contributed by atoms with Crippen molar-refractivity contribution < 1.29 is 4.39 Å². The fourth-order valence-electron chi connectivity index (χ4n) is 2.45. The van der Waals surface area contributed by atoms with E-state index in [9.17, 15) is 4.39 Å². The molecule has 0 amide bonds. The van der Waals surface area contributed by atoms with Gasteiger partial charge >= 0.3 is 0 Å². The van der Waals surface area contributed by atoms with E-state index in [1.807, 2.05) is 18.3 Å². The standard InChI is InChI=1S/C15H19FN6/c1-21-5-7-22(8-6-21)14-12(3-2-4-17-14)9-18-15-19-10-13(16)11-20-15/h2-4,10-11H,5-9H2,1H3,(H,18,19,20). The summed E-state index contributed by atoms with van der Waals surface area (Å²) in [6.07, 6.45) is 4.12. The second-order valence-corrected chi connectivity index (χ2v) is 5.35. The van der Waals surface area contributed by atoms with Crippen molar-refractivity contribution in [3.05, 3.63) is 42.1 Å². The van der Waals surface area contributed by atoms with Crippen molar-refractivity contribution in [1.82, 2.24) is 19.9 Å². The highest BCUT2D eigenvalue weighted by molar-refractivity contribution is 5.48. The van der Waals surface area contributed by atoms with Gasteiger partial charge in [-0.15, -0.1) is 0 Å². The van der Waals surface area contributed by atoms with Gasteiger partial charge in [0.2, 0.25) is 5.95 Å². The summed E-state index contributed by atoms with van der Waals surface area (Å²) < 4.78 is 12.8. The fourth-order valence-corrected chi connectivity index (χ4v) is 2.45. The van der Waals surface area contributed by atoms with Gasteiger partial charge in [-0.1, -0.05) is 6.07 Å². The van der Waals surface area contributed by atoms with Crippen molar-refractivity contribution in [3.63, 3.8) is 0 Å². The molecule has 6 nitrogen and oxygen atoms in total. The summed E-state index contributed by atoms with van der Waals surface area (Å²) in [5.41, 5.74) is 1.08. The largest absolute Gasteiger partial charge is 0.354 e. The first-order valence-corrected chi connectivity index (χ1v) is 7.31. The highest BCUT2D eigenvalue weighted by Crippen LogP contribution is 2.19. The van der Waals surface area contributed by atoms with E-state index in [-0.39, 0.29) is 0 Å². The molecular formula is C15H19FN6. The summed E-state index contributed by atoms with van der Waals surface area (Å²) >= 11 is 0. The molecule has 1 N–H and O–H groups in total. The number of anilines is 2. The molecule has 0 aromatic carbocycles. The van der Waals surface area contributed by atoms with Crippen LogP contribution in [0.2, 0.25) is 0 Å². The van der Waals surface area contributed by atoms with Crippen LogP contribution in [-0.2, 0) is 6.54 Å². The monoisotopic (exact) mass is 302 g/mol. The van der Waals surface area contributed by atoms with Gasteiger partial charge in [0.25, 0.3) is 0 Å². The van der Waals surface area contributed by atoms with Gasteiger partial charge in [0.05, 0.1) is 12.4 Å². The van der Waals surface area contributed by atoms with Gasteiger partial charge < -0.3 is 15.1 Å². The maximum atomic E-state index is 12.8. The van der Waals surface area contributed by atoms with Gasteiger partial charge in [-0.05, 0) is 13.1 Å². The molecule has 0 saturated carbocycles. The molecule has 2 aromatic heterocycles. The van der Waals surface area contributed by atoms with Crippen molar-refractivity contribution in [1.29, 1.82) is 0 Å². The smallest absolute Gasteiger partial charge is 0.223 e. The summed E-state index contributed by atoms with van der Waals surface area (Å²) in [4.78, 5) is 16.9. The van der Waals surface area contributed by atoms with Crippen molar-refractivity contribution in [2.75, 3.05) is 43.4 Å². The Kier molecular flexibility index (Phi) is 4.43. The van der Waals surface area contributed by atoms with Crippen LogP contribution in [0, 0.1) is 5.82 Å². The van der Waals surface area contributed by atoms with E-state index in [4.69, 9.17) is 0 Å². The Labute approximate surface area is 129 Å². The molecule has 3 rings (SSSR count). The van der Waals surface area contributed by atoms with E-state index in [2.05, 4.69) is 37.1 Å². The van der Waals surface area contributed by atoms with Crippen molar-refractivity contribution in [2.24, 2.45) is 0 Å². The second-order valence-electron chi connectivity index (χ2n) is 5.35. The van der Waals surface area contributed by atoms with Gasteiger partial charge in [0.1, 0.15) is 5.82 Å². The molecule has 116 valence electrons. The zero-order valence-electron chi connectivity index (χ0n) is 12.5. The average molecular weight is 302 g/mol. The van der Waals surface area contributed by atoms with Crippen LogP contribution in [0.1, 0.15) is 5.56 Å². The van der Waals surface area contributed by atoms with E-state index in [1.165, 1.54) is 0 Å². The van der Waals surface area contributed by atoms with Crippen molar-refractivity contribution >= 4 is 11.8 Å². The molecule has 1 saturated heterocycles. The zero-order valence-corrected chi connectivity index (χ0v) is 12.5. The number of nitrogens with one attached hydrogen (secondary N) is 1. The molecule has 1 aliphatic rings. The van der Waals surface area contributed by atoms with Crippen LogP contribution >= 0.6 is 0 Å². The minimum Gasteiger partial charge on any atom is -0.354 e. The van der Waals surface area contributed by atoms with Gasteiger partial charge in [-0.2, -0.15) is 0 Å². The van der Waals surface area contributed by atoms with Crippen LogP contribution in [0.5, 0.6) is 0 Å². The van der Waals surface area contributed by atoms with Gasteiger partial charge in [-0.25, -0.2) is 19.3 Å². The Morgan fingerprint density at radius 3 is 2.59 bits per heavy atom. The van der Waals surface area contributed by atoms with Crippen LogP contribution < -0.4 is 10.2 Å². The highest BCUT2D eigenvalue weighted by atomic mass is 19.1. The Balaban J connectivity index is 1.69. The lowest BCUT2D eigenvalue weighted by atomic mass is 10.2. The van der Waals surface area contributed by atoms with Crippen molar-refractivity contribution in [2.45, 2.75) is 6.54 Å².